The topological polar surface area (TPSA) is 46.6 Å². The summed E-state index contributed by atoms with van der Waals surface area (Å²) in [5.74, 6) is -0.626. The van der Waals surface area contributed by atoms with E-state index in [9.17, 15) is 9.59 Å². The number of hydrogen-bond acceptors (Lipinski definition) is 3. The summed E-state index contributed by atoms with van der Waals surface area (Å²) in [6.45, 7) is 3.49. The zero-order valence-corrected chi connectivity index (χ0v) is 12.4. The van der Waals surface area contributed by atoms with Crippen molar-refractivity contribution >= 4 is 27.8 Å². The number of halogens is 1. The summed E-state index contributed by atoms with van der Waals surface area (Å²) >= 11 is 3.35. The summed E-state index contributed by atoms with van der Waals surface area (Å²) in [6, 6.07) is 4.80. The summed E-state index contributed by atoms with van der Waals surface area (Å²) in [4.78, 5) is 25.0. The van der Waals surface area contributed by atoms with Gasteiger partial charge in [-0.25, -0.2) is 4.79 Å². The Kier molecular flexibility index (Phi) is 4.90. The molecule has 18 heavy (non-hydrogen) atoms. The predicted molar refractivity (Wildman–Crippen MR) is 72.5 cm³/mol. The van der Waals surface area contributed by atoms with Gasteiger partial charge in [0.05, 0.1) is 7.11 Å². The van der Waals surface area contributed by atoms with Gasteiger partial charge in [-0.2, -0.15) is 0 Å². The number of amides is 1. The molecular formula is C13H16BrNO3. The lowest BCUT2D eigenvalue weighted by atomic mass is 10.1. The standard InChI is InChI=1S/C13H16BrNO3/c1-8-7-10(14)5-6-11(8)12(16)15(3)9(2)13(17)18-4/h5-7,9H,1-4H3. The van der Waals surface area contributed by atoms with Gasteiger partial charge >= 0.3 is 5.97 Å². The van der Waals surface area contributed by atoms with Crippen molar-refractivity contribution in [3.05, 3.63) is 33.8 Å². The van der Waals surface area contributed by atoms with Gasteiger partial charge < -0.3 is 9.64 Å². The molecule has 0 aromatic heterocycles. The van der Waals surface area contributed by atoms with Crippen molar-refractivity contribution in [2.24, 2.45) is 0 Å². The van der Waals surface area contributed by atoms with Gasteiger partial charge in [-0.3, -0.25) is 4.79 Å². The lowest BCUT2D eigenvalue weighted by Gasteiger charge is -2.23. The third-order valence-corrected chi connectivity index (χ3v) is 3.36. The fourth-order valence-corrected chi connectivity index (χ4v) is 2.04. The lowest BCUT2D eigenvalue weighted by Crippen LogP contribution is -2.41. The molecule has 4 nitrogen and oxygen atoms in total. The molecule has 1 rings (SSSR count). The van der Waals surface area contributed by atoms with Gasteiger partial charge in [-0.15, -0.1) is 0 Å². The van der Waals surface area contributed by atoms with Crippen molar-refractivity contribution < 1.29 is 14.3 Å². The number of ether oxygens (including phenoxy) is 1. The molecule has 1 amide bonds. The van der Waals surface area contributed by atoms with Crippen LogP contribution in [-0.2, 0) is 9.53 Å². The highest BCUT2D eigenvalue weighted by atomic mass is 79.9. The molecule has 0 heterocycles. The molecule has 1 aromatic rings. The van der Waals surface area contributed by atoms with Crippen LogP contribution in [0.25, 0.3) is 0 Å². The van der Waals surface area contributed by atoms with E-state index in [1.165, 1.54) is 12.0 Å². The molecule has 0 fully saturated rings. The number of hydrogen-bond donors (Lipinski definition) is 0. The smallest absolute Gasteiger partial charge is 0.328 e. The first-order valence-corrected chi connectivity index (χ1v) is 6.29. The zero-order chi connectivity index (χ0) is 13.9. The Morgan fingerprint density at radius 3 is 2.50 bits per heavy atom. The molecule has 1 unspecified atom stereocenters. The van der Waals surface area contributed by atoms with E-state index in [1.807, 2.05) is 13.0 Å². The minimum atomic E-state index is -0.606. The fraction of sp³-hybridized carbons (Fsp3) is 0.385. The first-order chi connectivity index (χ1) is 8.38. The van der Waals surface area contributed by atoms with Gasteiger partial charge in [0.25, 0.3) is 5.91 Å². The number of nitrogens with zero attached hydrogens (tertiary/aromatic N) is 1. The summed E-state index contributed by atoms with van der Waals surface area (Å²) in [5.41, 5.74) is 1.44. The molecule has 5 heteroatoms. The number of rotatable bonds is 3. The summed E-state index contributed by atoms with van der Waals surface area (Å²) < 4.78 is 5.55. The van der Waals surface area contributed by atoms with Crippen LogP contribution < -0.4 is 0 Å². The third kappa shape index (κ3) is 3.10. The molecular weight excluding hydrogens is 298 g/mol. The van der Waals surface area contributed by atoms with E-state index < -0.39 is 12.0 Å². The van der Waals surface area contributed by atoms with Crippen LogP contribution in [-0.4, -0.2) is 37.0 Å². The predicted octanol–water partition coefficient (Wildman–Crippen LogP) is 2.39. The molecule has 0 aliphatic carbocycles. The van der Waals surface area contributed by atoms with Crippen LogP contribution in [0, 0.1) is 6.92 Å². The number of methoxy groups -OCH3 is 1. The number of esters is 1. The fourth-order valence-electron chi connectivity index (χ4n) is 1.56. The molecule has 98 valence electrons. The molecule has 0 aliphatic rings. The second-order valence-electron chi connectivity index (χ2n) is 4.07. The quantitative estimate of drug-likeness (QED) is 0.805. The molecule has 1 aromatic carbocycles. The molecule has 0 N–H and O–H groups in total. The van der Waals surface area contributed by atoms with Gasteiger partial charge in [0.15, 0.2) is 0 Å². The molecule has 0 aliphatic heterocycles. The van der Waals surface area contributed by atoms with Crippen LogP contribution in [0.15, 0.2) is 22.7 Å². The van der Waals surface area contributed by atoms with Gasteiger partial charge in [-0.1, -0.05) is 15.9 Å². The van der Waals surface area contributed by atoms with Crippen LogP contribution in [0.5, 0.6) is 0 Å². The Morgan fingerprint density at radius 2 is 2.00 bits per heavy atom. The average Bonchev–Trinajstić information content (AvgIpc) is 2.35. The van der Waals surface area contributed by atoms with Crippen molar-refractivity contribution in [2.45, 2.75) is 19.9 Å². The molecule has 0 radical (unpaired) electrons. The van der Waals surface area contributed by atoms with E-state index in [-0.39, 0.29) is 5.91 Å². The number of likely N-dealkylation sites (N-methyl/N-ethyl adjacent to an activating group) is 1. The molecule has 0 spiro atoms. The number of aryl methyl sites for hydroxylation is 1. The van der Waals surface area contributed by atoms with E-state index >= 15 is 0 Å². The van der Waals surface area contributed by atoms with Crippen LogP contribution in [0.1, 0.15) is 22.8 Å². The maximum Gasteiger partial charge on any atom is 0.328 e. The van der Waals surface area contributed by atoms with Crippen LogP contribution in [0.4, 0.5) is 0 Å². The zero-order valence-electron chi connectivity index (χ0n) is 10.9. The van der Waals surface area contributed by atoms with Gasteiger partial charge in [-0.05, 0) is 37.6 Å². The lowest BCUT2D eigenvalue weighted by molar-refractivity contribution is -0.144. The highest BCUT2D eigenvalue weighted by molar-refractivity contribution is 9.10. The largest absolute Gasteiger partial charge is 0.467 e. The monoisotopic (exact) mass is 313 g/mol. The first-order valence-electron chi connectivity index (χ1n) is 5.49. The molecule has 0 saturated carbocycles. The Morgan fingerprint density at radius 1 is 1.39 bits per heavy atom. The van der Waals surface area contributed by atoms with Crippen molar-refractivity contribution in [3.8, 4) is 0 Å². The Bertz CT molecular complexity index is 473. The van der Waals surface area contributed by atoms with Crippen molar-refractivity contribution in [3.63, 3.8) is 0 Å². The second-order valence-corrected chi connectivity index (χ2v) is 4.99. The summed E-state index contributed by atoms with van der Waals surface area (Å²) in [6.07, 6.45) is 0. The van der Waals surface area contributed by atoms with Gasteiger partial charge in [0, 0.05) is 17.1 Å². The summed E-state index contributed by atoms with van der Waals surface area (Å²) in [7, 11) is 2.90. The highest BCUT2D eigenvalue weighted by Crippen LogP contribution is 2.18. The third-order valence-electron chi connectivity index (χ3n) is 2.86. The van der Waals surface area contributed by atoms with Crippen molar-refractivity contribution in [2.75, 3.05) is 14.2 Å². The Hall–Kier alpha value is -1.36. The number of carbonyl (C=O) groups excluding carboxylic acids is 2. The Balaban J connectivity index is 2.96. The highest BCUT2D eigenvalue weighted by Gasteiger charge is 2.24. The van der Waals surface area contributed by atoms with Crippen molar-refractivity contribution in [1.29, 1.82) is 0 Å². The van der Waals surface area contributed by atoms with Crippen molar-refractivity contribution in [1.82, 2.24) is 4.90 Å². The Labute approximate surface area is 115 Å². The SMILES string of the molecule is COC(=O)C(C)N(C)C(=O)c1ccc(Br)cc1C. The minimum Gasteiger partial charge on any atom is -0.467 e. The van der Waals surface area contributed by atoms with E-state index in [1.54, 1.807) is 26.1 Å². The van der Waals surface area contributed by atoms with E-state index in [2.05, 4.69) is 20.7 Å². The maximum atomic E-state index is 12.2. The second kappa shape index (κ2) is 6.00. The van der Waals surface area contributed by atoms with Crippen LogP contribution in [0.2, 0.25) is 0 Å². The normalized spacial score (nSPS) is 11.8. The van der Waals surface area contributed by atoms with E-state index in [0.29, 0.717) is 5.56 Å². The van der Waals surface area contributed by atoms with E-state index in [4.69, 9.17) is 0 Å². The number of benzene rings is 1. The molecule has 0 bridgehead atoms. The minimum absolute atomic E-state index is 0.196. The maximum absolute atomic E-state index is 12.2. The number of carbonyl (C=O) groups is 2. The molecule has 0 saturated heterocycles. The van der Waals surface area contributed by atoms with Crippen LogP contribution >= 0.6 is 15.9 Å². The molecule has 1 atom stereocenters. The van der Waals surface area contributed by atoms with Gasteiger partial charge in [0.2, 0.25) is 0 Å². The summed E-state index contributed by atoms with van der Waals surface area (Å²) in [5, 5.41) is 0. The van der Waals surface area contributed by atoms with Gasteiger partial charge in [0.1, 0.15) is 6.04 Å². The first kappa shape index (κ1) is 14.7. The van der Waals surface area contributed by atoms with E-state index in [0.717, 1.165) is 10.0 Å². The van der Waals surface area contributed by atoms with Crippen LogP contribution in [0.3, 0.4) is 0 Å². The average molecular weight is 314 g/mol.